The molecule has 1 amide bonds. The summed E-state index contributed by atoms with van der Waals surface area (Å²) in [5.41, 5.74) is 0. The van der Waals surface area contributed by atoms with Crippen molar-refractivity contribution in [3.63, 3.8) is 0 Å². The number of carbonyl (C=O) groups excluding carboxylic acids is 1. The van der Waals surface area contributed by atoms with Crippen LogP contribution in [-0.4, -0.2) is 34.5 Å². The van der Waals surface area contributed by atoms with Crippen LogP contribution in [0.1, 0.15) is 6.42 Å². The first-order chi connectivity index (χ1) is 5.49. The maximum Gasteiger partial charge on any atom is 0.316 e. The van der Waals surface area contributed by atoms with Crippen molar-refractivity contribution in [1.82, 2.24) is 5.32 Å². The third kappa shape index (κ3) is 3.87. The predicted octanol–water partition coefficient (Wildman–Crippen LogP) is -0.196. The third-order valence-corrected chi connectivity index (χ3v) is 2.16. The monoisotopic (exact) mass is 209 g/mol. The van der Waals surface area contributed by atoms with Gasteiger partial charge >= 0.3 is 5.97 Å². The van der Waals surface area contributed by atoms with Gasteiger partial charge < -0.3 is 10.4 Å². The molecule has 0 fully saturated rings. The molecule has 0 radical (unpaired) electrons. The van der Waals surface area contributed by atoms with Crippen LogP contribution in [-0.2, 0) is 9.59 Å². The summed E-state index contributed by atoms with van der Waals surface area (Å²) in [4.78, 5) is 21.2. The van der Waals surface area contributed by atoms with Crippen LogP contribution in [0.5, 0.6) is 0 Å². The van der Waals surface area contributed by atoms with Crippen molar-refractivity contribution in [2.45, 2.75) is 16.9 Å². The topological polar surface area (TPSA) is 66.4 Å². The van der Waals surface area contributed by atoms with Gasteiger partial charge in [-0.3, -0.25) is 9.59 Å². The molecule has 0 aromatic heterocycles. The summed E-state index contributed by atoms with van der Waals surface area (Å²) < 4.78 is 0. The Hall–Kier alpha value is -0.360. The van der Waals surface area contributed by atoms with Gasteiger partial charge in [-0.15, -0.1) is 0 Å². The van der Waals surface area contributed by atoms with Gasteiger partial charge in [0.05, 0.1) is 5.25 Å². The lowest BCUT2D eigenvalue weighted by atomic mass is 10.2. The third-order valence-electron chi connectivity index (χ3n) is 1.28. The molecule has 70 valence electrons. The fourth-order valence-electron chi connectivity index (χ4n) is 0.586. The summed E-state index contributed by atoms with van der Waals surface area (Å²) in [6.07, 6.45) is 0.112. The Labute approximate surface area is 81.5 Å². The number of hydrogen-bond acceptors (Lipinski definition) is 4. The second-order valence-electron chi connectivity index (χ2n) is 2.22. The number of nitrogens with one attached hydrogen (secondary N) is 1. The van der Waals surface area contributed by atoms with Gasteiger partial charge in [-0.25, -0.2) is 0 Å². The molecule has 0 aliphatic carbocycles. The molecular weight excluding hydrogens is 198 g/mol. The van der Waals surface area contributed by atoms with Gasteiger partial charge in [-0.1, -0.05) is 0 Å². The second kappa shape index (κ2) is 5.31. The van der Waals surface area contributed by atoms with Crippen molar-refractivity contribution in [2.75, 3.05) is 7.05 Å². The first kappa shape index (κ1) is 11.6. The van der Waals surface area contributed by atoms with Crippen molar-refractivity contribution < 1.29 is 14.7 Å². The van der Waals surface area contributed by atoms with E-state index < -0.39 is 16.5 Å². The fraction of sp³-hybridized carbons (Fsp3) is 0.667. The van der Waals surface area contributed by atoms with Gasteiger partial charge in [0, 0.05) is 7.05 Å². The lowest BCUT2D eigenvalue weighted by Crippen LogP contribution is -2.31. The van der Waals surface area contributed by atoms with E-state index in [0.29, 0.717) is 0 Å². The van der Waals surface area contributed by atoms with Gasteiger partial charge in [0.25, 0.3) is 0 Å². The molecule has 2 atom stereocenters. The van der Waals surface area contributed by atoms with Crippen LogP contribution in [0.4, 0.5) is 0 Å². The molecule has 0 aromatic carbocycles. The molecule has 12 heavy (non-hydrogen) atoms. The first-order valence-corrected chi connectivity index (χ1v) is 4.32. The average Bonchev–Trinajstić information content (AvgIpc) is 2.02. The molecule has 6 heteroatoms. The van der Waals surface area contributed by atoms with E-state index in [0.717, 1.165) is 0 Å². The van der Waals surface area contributed by atoms with Crippen LogP contribution in [0, 0.1) is 0 Å². The zero-order valence-electron chi connectivity index (χ0n) is 6.52. The lowest BCUT2D eigenvalue weighted by molar-refractivity contribution is -0.136. The van der Waals surface area contributed by atoms with Gasteiger partial charge in [-0.05, 0) is 6.42 Å². The summed E-state index contributed by atoms with van der Waals surface area (Å²) in [6.45, 7) is 0. The number of rotatable bonds is 4. The van der Waals surface area contributed by atoms with Crippen molar-refractivity contribution in [3.8, 4) is 0 Å². The van der Waals surface area contributed by atoms with Crippen LogP contribution in [0.25, 0.3) is 0 Å². The number of hydrogen-bond donors (Lipinski definition) is 4. The van der Waals surface area contributed by atoms with E-state index in [-0.39, 0.29) is 12.3 Å². The van der Waals surface area contributed by atoms with E-state index in [4.69, 9.17) is 5.11 Å². The Balaban J connectivity index is 3.91. The predicted molar refractivity (Wildman–Crippen MR) is 51.9 cm³/mol. The molecule has 2 N–H and O–H groups in total. The summed E-state index contributed by atoms with van der Waals surface area (Å²) in [7, 11) is 1.47. The summed E-state index contributed by atoms with van der Waals surface area (Å²) in [5.74, 6) is -1.33. The van der Waals surface area contributed by atoms with E-state index in [2.05, 4.69) is 30.6 Å². The van der Waals surface area contributed by atoms with E-state index in [1.165, 1.54) is 7.05 Å². The molecule has 0 aliphatic rings. The Morgan fingerprint density at radius 2 is 1.92 bits per heavy atom. The van der Waals surface area contributed by atoms with Crippen LogP contribution in [0.15, 0.2) is 0 Å². The Kier molecular flexibility index (Phi) is 5.16. The molecule has 0 spiro atoms. The van der Waals surface area contributed by atoms with Crippen molar-refractivity contribution in [3.05, 3.63) is 0 Å². The SMILES string of the molecule is CNC(=O)C(S)CC(S)C(=O)O. The summed E-state index contributed by atoms with van der Waals surface area (Å²) >= 11 is 7.68. The highest BCUT2D eigenvalue weighted by molar-refractivity contribution is 7.82. The molecule has 0 saturated heterocycles. The summed E-state index contributed by atoms with van der Waals surface area (Å²) in [5, 5.41) is 9.35. The number of carboxylic acid groups (broad SMARTS) is 1. The fourth-order valence-corrected chi connectivity index (χ4v) is 1.30. The molecule has 2 unspecified atom stereocenters. The molecule has 0 bridgehead atoms. The lowest BCUT2D eigenvalue weighted by Gasteiger charge is -2.10. The number of carboxylic acids is 1. The Bertz CT molecular complexity index is 186. The van der Waals surface area contributed by atoms with Gasteiger partial charge in [0.1, 0.15) is 5.25 Å². The smallest absolute Gasteiger partial charge is 0.316 e. The van der Waals surface area contributed by atoms with E-state index >= 15 is 0 Å². The number of thiol groups is 2. The van der Waals surface area contributed by atoms with Crippen molar-refractivity contribution in [1.29, 1.82) is 0 Å². The molecule has 0 saturated carbocycles. The minimum absolute atomic E-state index is 0.112. The number of carbonyl (C=O) groups is 2. The largest absolute Gasteiger partial charge is 0.480 e. The molecule has 0 aromatic rings. The summed E-state index contributed by atoms with van der Waals surface area (Å²) in [6, 6.07) is 0. The minimum Gasteiger partial charge on any atom is -0.480 e. The first-order valence-electron chi connectivity index (χ1n) is 3.29. The second-order valence-corrected chi connectivity index (χ2v) is 3.47. The normalized spacial score (nSPS) is 14.9. The maximum atomic E-state index is 10.9. The Morgan fingerprint density at radius 1 is 1.42 bits per heavy atom. The Morgan fingerprint density at radius 3 is 2.25 bits per heavy atom. The van der Waals surface area contributed by atoms with Crippen LogP contribution >= 0.6 is 25.3 Å². The maximum absolute atomic E-state index is 10.9. The van der Waals surface area contributed by atoms with Crippen LogP contribution < -0.4 is 5.32 Å². The average molecular weight is 209 g/mol. The number of aliphatic carboxylic acids is 1. The highest BCUT2D eigenvalue weighted by atomic mass is 32.1. The standard InChI is InChI=1S/C6H11NO3S2/c1-7-5(8)3(11)2-4(12)6(9)10/h3-4,11-12H,2H2,1H3,(H,7,8)(H,9,10). The molecule has 0 rings (SSSR count). The van der Waals surface area contributed by atoms with Crippen molar-refractivity contribution in [2.24, 2.45) is 0 Å². The highest BCUT2D eigenvalue weighted by Crippen LogP contribution is 2.10. The van der Waals surface area contributed by atoms with E-state index in [1.54, 1.807) is 0 Å². The van der Waals surface area contributed by atoms with Crippen LogP contribution in [0.3, 0.4) is 0 Å². The number of amides is 1. The minimum atomic E-state index is -1.04. The van der Waals surface area contributed by atoms with Crippen molar-refractivity contribution >= 4 is 37.1 Å². The zero-order valence-corrected chi connectivity index (χ0v) is 8.31. The van der Waals surface area contributed by atoms with E-state index in [9.17, 15) is 9.59 Å². The van der Waals surface area contributed by atoms with Gasteiger partial charge in [0.2, 0.25) is 5.91 Å². The van der Waals surface area contributed by atoms with Gasteiger partial charge in [0.15, 0.2) is 0 Å². The van der Waals surface area contributed by atoms with Gasteiger partial charge in [-0.2, -0.15) is 25.3 Å². The molecule has 0 heterocycles. The molecule has 0 aliphatic heterocycles. The molecule has 4 nitrogen and oxygen atoms in total. The highest BCUT2D eigenvalue weighted by Gasteiger charge is 2.20. The molecular formula is C6H11NO3S2. The quantitative estimate of drug-likeness (QED) is 0.485. The van der Waals surface area contributed by atoms with E-state index in [1.807, 2.05) is 0 Å². The zero-order chi connectivity index (χ0) is 9.72. The van der Waals surface area contributed by atoms with Crippen LogP contribution in [0.2, 0.25) is 0 Å².